The van der Waals surface area contributed by atoms with Gasteiger partial charge in [0.2, 0.25) is 0 Å². The number of carbonyl (C=O) groups excluding carboxylic acids is 1. The van der Waals surface area contributed by atoms with Crippen molar-refractivity contribution in [2.45, 2.75) is 31.6 Å². The molecule has 0 heterocycles. The van der Waals surface area contributed by atoms with Crippen molar-refractivity contribution in [3.8, 4) is 0 Å². The molecule has 4 atom stereocenters. The highest BCUT2D eigenvalue weighted by Gasteiger charge is 2.58. The number of aliphatic hydroxyl groups is 1. The van der Waals surface area contributed by atoms with Crippen molar-refractivity contribution >= 4 is 6.09 Å². The van der Waals surface area contributed by atoms with Crippen LogP contribution in [0.5, 0.6) is 0 Å². The van der Waals surface area contributed by atoms with Gasteiger partial charge in [-0.2, -0.15) is 0 Å². The van der Waals surface area contributed by atoms with E-state index < -0.39 is 0 Å². The quantitative estimate of drug-likeness (QED) is 0.854. The molecule has 2 aliphatic carbocycles. The summed E-state index contributed by atoms with van der Waals surface area (Å²) < 4.78 is 5.15. The summed E-state index contributed by atoms with van der Waals surface area (Å²) in [5, 5.41) is 12.5. The molecule has 2 fully saturated rings. The van der Waals surface area contributed by atoms with Crippen molar-refractivity contribution in [2.75, 3.05) is 0 Å². The lowest BCUT2D eigenvalue weighted by Gasteiger charge is -2.10. The summed E-state index contributed by atoms with van der Waals surface area (Å²) in [5.41, 5.74) is 0.976. The standard InChI is InChI=1S/C14H17NO3/c16-11-7-6-10-12(11)13(10)15-14(17)18-8-9-4-2-1-3-5-9/h1-5,10-13,16H,6-8H2,(H,15,17)/t10-,11-,12-,13+/m1/s1. The van der Waals surface area contributed by atoms with Gasteiger partial charge in [0, 0.05) is 12.0 Å². The first kappa shape index (κ1) is 11.5. The summed E-state index contributed by atoms with van der Waals surface area (Å²) in [7, 11) is 0. The number of carbonyl (C=O) groups is 1. The van der Waals surface area contributed by atoms with E-state index in [4.69, 9.17) is 4.74 Å². The van der Waals surface area contributed by atoms with Crippen LogP contribution in [-0.2, 0) is 11.3 Å². The SMILES string of the molecule is O=C(N[C@H]1[C@@H]2CC[C@@H](O)[C@@H]21)OCc1ccccc1. The minimum absolute atomic E-state index is 0.122. The van der Waals surface area contributed by atoms with Crippen LogP contribution in [0.15, 0.2) is 30.3 Å². The summed E-state index contributed by atoms with van der Waals surface area (Å²) in [6.07, 6.45) is 1.25. The lowest BCUT2D eigenvalue weighted by Crippen LogP contribution is -2.31. The van der Waals surface area contributed by atoms with Gasteiger partial charge >= 0.3 is 6.09 Å². The monoisotopic (exact) mass is 247 g/mol. The fourth-order valence-corrected chi connectivity index (χ4v) is 2.96. The second-order valence-electron chi connectivity index (χ2n) is 5.12. The summed E-state index contributed by atoms with van der Waals surface area (Å²) >= 11 is 0. The molecular formula is C14H17NO3. The molecule has 2 N–H and O–H groups in total. The summed E-state index contributed by atoms with van der Waals surface area (Å²) in [5.74, 6) is 0.721. The number of rotatable bonds is 3. The third-order valence-corrected chi connectivity index (χ3v) is 3.97. The second-order valence-corrected chi connectivity index (χ2v) is 5.12. The molecule has 0 aromatic heterocycles. The molecule has 0 aliphatic heterocycles. The molecule has 0 bridgehead atoms. The molecule has 1 aromatic rings. The lowest BCUT2D eigenvalue weighted by atomic mass is 10.2. The molecule has 0 spiro atoms. The van der Waals surface area contributed by atoms with Gasteiger partial charge in [0.15, 0.2) is 0 Å². The highest BCUT2D eigenvalue weighted by molar-refractivity contribution is 5.68. The first-order chi connectivity index (χ1) is 8.75. The number of benzene rings is 1. The number of aliphatic hydroxyl groups excluding tert-OH is 1. The second kappa shape index (κ2) is 4.61. The fourth-order valence-electron chi connectivity index (χ4n) is 2.96. The number of hydrogen-bond donors (Lipinski definition) is 2. The van der Waals surface area contributed by atoms with Gasteiger partial charge in [-0.15, -0.1) is 0 Å². The van der Waals surface area contributed by atoms with E-state index in [-0.39, 0.29) is 30.8 Å². The van der Waals surface area contributed by atoms with Gasteiger partial charge in [-0.25, -0.2) is 4.79 Å². The van der Waals surface area contributed by atoms with Crippen molar-refractivity contribution in [1.29, 1.82) is 0 Å². The molecule has 96 valence electrons. The first-order valence-corrected chi connectivity index (χ1v) is 6.41. The summed E-state index contributed by atoms with van der Waals surface area (Å²) in [6.45, 7) is 0.289. The molecule has 4 heteroatoms. The molecule has 0 radical (unpaired) electrons. The Morgan fingerprint density at radius 3 is 2.78 bits per heavy atom. The van der Waals surface area contributed by atoms with Crippen molar-refractivity contribution in [2.24, 2.45) is 11.8 Å². The largest absolute Gasteiger partial charge is 0.445 e. The van der Waals surface area contributed by atoms with Crippen LogP contribution in [0.25, 0.3) is 0 Å². The minimum Gasteiger partial charge on any atom is -0.445 e. The zero-order valence-corrected chi connectivity index (χ0v) is 10.1. The van der Waals surface area contributed by atoms with Crippen LogP contribution in [-0.4, -0.2) is 23.3 Å². The Kier molecular flexibility index (Phi) is 2.96. The third-order valence-electron chi connectivity index (χ3n) is 3.97. The van der Waals surface area contributed by atoms with Gasteiger partial charge in [-0.1, -0.05) is 30.3 Å². The number of alkyl carbamates (subject to hydrolysis) is 1. The Morgan fingerprint density at radius 1 is 1.33 bits per heavy atom. The van der Waals surface area contributed by atoms with Crippen molar-refractivity contribution in [1.82, 2.24) is 5.32 Å². The molecule has 1 aromatic carbocycles. The van der Waals surface area contributed by atoms with Crippen molar-refractivity contribution < 1.29 is 14.6 Å². The maximum atomic E-state index is 11.6. The highest BCUT2D eigenvalue weighted by atomic mass is 16.5. The maximum absolute atomic E-state index is 11.6. The van der Waals surface area contributed by atoms with E-state index in [0.29, 0.717) is 5.92 Å². The Hall–Kier alpha value is -1.55. The maximum Gasteiger partial charge on any atom is 0.407 e. The number of ether oxygens (including phenoxy) is 1. The Balaban J connectivity index is 1.44. The van der Waals surface area contributed by atoms with Crippen LogP contribution >= 0.6 is 0 Å². The zero-order chi connectivity index (χ0) is 12.5. The van der Waals surface area contributed by atoms with E-state index in [0.717, 1.165) is 18.4 Å². The molecule has 1 amide bonds. The van der Waals surface area contributed by atoms with Gasteiger partial charge in [0.25, 0.3) is 0 Å². The molecule has 18 heavy (non-hydrogen) atoms. The zero-order valence-electron chi connectivity index (χ0n) is 10.1. The van der Waals surface area contributed by atoms with E-state index >= 15 is 0 Å². The third kappa shape index (κ3) is 2.20. The van der Waals surface area contributed by atoms with E-state index in [1.54, 1.807) is 0 Å². The molecule has 3 rings (SSSR count). The predicted molar refractivity (Wildman–Crippen MR) is 65.8 cm³/mol. The normalized spacial score (nSPS) is 32.7. The Bertz CT molecular complexity index is 434. The van der Waals surface area contributed by atoms with Crippen LogP contribution in [0.1, 0.15) is 18.4 Å². The summed E-state index contributed by atoms with van der Waals surface area (Å²) in [6, 6.07) is 9.72. The fraction of sp³-hybridized carbons (Fsp3) is 0.500. The average Bonchev–Trinajstić information content (AvgIpc) is 2.93. The molecule has 0 unspecified atom stereocenters. The number of nitrogens with one attached hydrogen (secondary N) is 1. The molecule has 2 aliphatic rings. The number of hydrogen-bond acceptors (Lipinski definition) is 3. The van der Waals surface area contributed by atoms with E-state index in [9.17, 15) is 9.90 Å². The van der Waals surface area contributed by atoms with Gasteiger partial charge in [0.05, 0.1) is 6.10 Å². The highest BCUT2D eigenvalue weighted by Crippen LogP contribution is 2.51. The van der Waals surface area contributed by atoms with E-state index in [2.05, 4.69) is 5.32 Å². The minimum atomic E-state index is -0.384. The van der Waals surface area contributed by atoms with Gasteiger partial charge in [-0.05, 0) is 24.3 Å². The Labute approximate surface area is 106 Å². The smallest absolute Gasteiger partial charge is 0.407 e. The van der Waals surface area contributed by atoms with Gasteiger partial charge < -0.3 is 15.2 Å². The molecule has 2 saturated carbocycles. The molecule has 4 nitrogen and oxygen atoms in total. The molecular weight excluding hydrogens is 230 g/mol. The first-order valence-electron chi connectivity index (χ1n) is 6.41. The van der Waals surface area contributed by atoms with Gasteiger partial charge in [0.1, 0.15) is 6.61 Å². The van der Waals surface area contributed by atoms with E-state index in [1.807, 2.05) is 30.3 Å². The lowest BCUT2D eigenvalue weighted by molar-refractivity contribution is 0.130. The van der Waals surface area contributed by atoms with Crippen molar-refractivity contribution in [3.63, 3.8) is 0 Å². The average molecular weight is 247 g/mol. The van der Waals surface area contributed by atoms with Crippen LogP contribution in [0.4, 0.5) is 4.79 Å². The van der Waals surface area contributed by atoms with Crippen LogP contribution in [0.2, 0.25) is 0 Å². The molecule has 0 saturated heterocycles. The van der Waals surface area contributed by atoms with Crippen LogP contribution < -0.4 is 5.32 Å². The predicted octanol–water partition coefficient (Wildman–Crippen LogP) is 1.68. The topological polar surface area (TPSA) is 58.6 Å². The number of fused-ring (bicyclic) bond motifs is 1. The van der Waals surface area contributed by atoms with Crippen molar-refractivity contribution in [3.05, 3.63) is 35.9 Å². The van der Waals surface area contributed by atoms with Crippen LogP contribution in [0.3, 0.4) is 0 Å². The number of amides is 1. The Morgan fingerprint density at radius 2 is 2.11 bits per heavy atom. The van der Waals surface area contributed by atoms with Gasteiger partial charge in [-0.3, -0.25) is 0 Å². The summed E-state index contributed by atoms with van der Waals surface area (Å²) in [4.78, 5) is 11.6. The van der Waals surface area contributed by atoms with E-state index in [1.165, 1.54) is 0 Å². The van der Waals surface area contributed by atoms with Crippen LogP contribution in [0, 0.1) is 11.8 Å².